The van der Waals surface area contributed by atoms with Gasteiger partial charge in [-0.3, -0.25) is 19.8 Å². The summed E-state index contributed by atoms with van der Waals surface area (Å²) in [6.45, 7) is 0. The Morgan fingerprint density at radius 3 is 2.58 bits per heavy atom. The molecule has 156 valence electrons. The number of hydrazone groups is 1. The third-order valence-electron chi connectivity index (χ3n) is 4.37. The Balaban J connectivity index is 1.86. The van der Waals surface area contributed by atoms with Crippen LogP contribution in [0.25, 0.3) is 10.2 Å². The number of nitrogens with one attached hydrogen (secondary N) is 1. The number of hydrogen-bond acceptors (Lipinski definition) is 7. The van der Waals surface area contributed by atoms with Gasteiger partial charge in [-0.25, -0.2) is 9.88 Å². The number of aromatic nitrogens is 1. The van der Waals surface area contributed by atoms with E-state index in [-0.39, 0.29) is 26.5 Å². The van der Waals surface area contributed by atoms with Crippen LogP contribution in [0.2, 0.25) is 10.0 Å². The standard InChI is InChI=1S/C19H11Cl2N5O3S2/c20-8-5-6-11(9(21)7-8)26-17(28)14(24-25-19(22)30)13(15(27)18(26)29)16-23-10-3-1-2-4-12(10)31-16/h1-7,13H,(H3,22,25,30)/b24-14-/t13-/m1/s1. The van der Waals surface area contributed by atoms with E-state index < -0.39 is 23.5 Å². The summed E-state index contributed by atoms with van der Waals surface area (Å²) in [7, 11) is 0. The lowest BCUT2D eigenvalue weighted by molar-refractivity contribution is -0.139. The second kappa shape index (κ2) is 8.31. The lowest BCUT2D eigenvalue weighted by atomic mass is 9.92. The third kappa shape index (κ3) is 3.90. The van der Waals surface area contributed by atoms with E-state index in [0.29, 0.717) is 15.4 Å². The van der Waals surface area contributed by atoms with Gasteiger partial charge in [-0.1, -0.05) is 35.3 Å². The van der Waals surface area contributed by atoms with Gasteiger partial charge in [-0.2, -0.15) is 5.10 Å². The quantitative estimate of drug-likeness (QED) is 0.250. The highest BCUT2D eigenvalue weighted by atomic mass is 35.5. The molecule has 1 atom stereocenters. The predicted molar refractivity (Wildman–Crippen MR) is 124 cm³/mol. The number of fused-ring (bicyclic) bond motifs is 1. The van der Waals surface area contributed by atoms with Crippen LogP contribution in [0.4, 0.5) is 5.69 Å². The Morgan fingerprint density at radius 1 is 1.16 bits per heavy atom. The number of imide groups is 1. The van der Waals surface area contributed by atoms with Crippen molar-refractivity contribution in [1.29, 1.82) is 0 Å². The zero-order valence-corrected chi connectivity index (χ0v) is 18.5. The van der Waals surface area contributed by atoms with E-state index in [2.05, 4.69) is 15.5 Å². The minimum atomic E-state index is -1.32. The summed E-state index contributed by atoms with van der Waals surface area (Å²) in [6, 6.07) is 11.3. The minimum Gasteiger partial charge on any atom is -0.375 e. The molecule has 0 spiro atoms. The first-order valence-electron chi connectivity index (χ1n) is 8.64. The summed E-state index contributed by atoms with van der Waals surface area (Å²) in [5, 5.41) is 4.28. The van der Waals surface area contributed by atoms with Crippen molar-refractivity contribution in [3.8, 4) is 0 Å². The number of carbonyl (C=O) groups excluding carboxylic acids is 3. The fourth-order valence-corrected chi connectivity index (χ4v) is 4.65. The van der Waals surface area contributed by atoms with Gasteiger partial charge < -0.3 is 5.73 Å². The molecule has 0 bridgehead atoms. The Kier molecular flexibility index (Phi) is 5.71. The molecule has 0 radical (unpaired) electrons. The molecular weight excluding hydrogens is 481 g/mol. The number of para-hydroxylation sites is 1. The predicted octanol–water partition coefficient (Wildman–Crippen LogP) is 3.02. The van der Waals surface area contributed by atoms with Gasteiger partial charge in [0, 0.05) is 5.02 Å². The topological polar surface area (TPSA) is 118 Å². The first-order valence-corrected chi connectivity index (χ1v) is 10.6. The minimum absolute atomic E-state index is 0.000177. The number of rotatable bonds is 3. The summed E-state index contributed by atoms with van der Waals surface area (Å²) in [5.41, 5.74) is 8.09. The lowest BCUT2D eigenvalue weighted by Crippen LogP contribution is -2.55. The Labute approximate surface area is 194 Å². The molecule has 2 heterocycles. The summed E-state index contributed by atoms with van der Waals surface area (Å²) >= 11 is 18.0. The molecule has 0 aliphatic carbocycles. The second-order valence-electron chi connectivity index (χ2n) is 6.33. The number of nitrogens with zero attached hydrogens (tertiary/aromatic N) is 3. The van der Waals surface area contributed by atoms with Crippen LogP contribution in [0.3, 0.4) is 0 Å². The van der Waals surface area contributed by atoms with Crippen LogP contribution >= 0.6 is 46.8 Å². The van der Waals surface area contributed by atoms with Gasteiger partial charge in [0.2, 0.25) is 5.78 Å². The fourth-order valence-electron chi connectivity index (χ4n) is 3.04. The number of halogens is 2. The maximum atomic E-state index is 13.3. The van der Waals surface area contributed by atoms with Crippen LogP contribution in [0, 0.1) is 0 Å². The molecule has 12 heteroatoms. The zero-order chi connectivity index (χ0) is 22.3. The number of ketones is 1. The van der Waals surface area contributed by atoms with Crippen molar-refractivity contribution in [3.05, 3.63) is 57.5 Å². The molecule has 2 amide bonds. The van der Waals surface area contributed by atoms with Crippen LogP contribution in [-0.2, 0) is 14.4 Å². The highest BCUT2D eigenvalue weighted by molar-refractivity contribution is 7.80. The Hall–Kier alpha value is -2.92. The highest BCUT2D eigenvalue weighted by Crippen LogP contribution is 2.36. The maximum absolute atomic E-state index is 13.3. The molecule has 1 aliphatic heterocycles. The molecule has 8 nitrogen and oxygen atoms in total. The number of anilines is 1. The van der Waals surface area contributed by atoms with Crippen molar-refractivity contribution >= 4 is 91.1 Å². The molecule has 1 aromatic heterocycles. The molecule has 0 unspecified atom stereocenters. The molecule has 1 aliphatic rings. The van der Waals surface area contributed by atoms with Gasteiger partial charge in [-0.15, -0.1) is 11.3 Å². The van der Waals surface area contributed by atoms with Crippen LogP contribution in [0.1, 0.15) is 10.9 Å². The van der Waals surface area contributed by atoms with Gasteiger partial charge in [0.15, 0.2) is 5.11 Å². The molecule has 4 rings (SSSR count). The van der Waals surface area contributed by atoms with Crippen LogP contribution in [0.5, 0.6) is 0 Å². The van der Waals surface area contributed by atoms with Crippen molar-refractivity contribution in [2.75, 3.05) is 4.90 Å². The number of thiazole rings is 1. The third-order valence-corrected chi connectivity index (χ3v) is 6.10. The molecule has 1 saturated heterocycles. The van der Waals surface area contributed by atoms with Gasteiger partial charge in [0.25, 0.3) is 5.91 Å². The SMILES string of the molecule is NC(=S)N/N=C1\C(=O)N(c2ccc(Cl)cc2Cl)C(=O)C(=O)[C@@H]1c1nc2ccccc2s1. The molecule has 31 heavy (non-hydrogen) atoms. The Bertz CT molecular complexity index is 1270. The highest BCUT2D eigenvalue weighted by Gasteiger charge is 2.49. The average molecular weight is 492 g/mol. The number of Topliss-reactive ketones (excluding diaryl/α,β-unsaturated/α-hetero) is 1. The van der Waals surface area contributed by atoms with E-state index in [1.807, 2.05) is 12.1 Å². The summed E-state index contributed by atoms with van der Waals surface area (Å²) < 4.78 is 0.787. The number of nitrogens with two attached hydrogens (primary N) is 1. The monoisotopic (exact) mass is 491 g/mol. The number of hydrogen-bond donors (Lipinski definition) is 2. The van der Waals surface area contributed by atoms with Gasteiger partial charge in [0.05, 0.1) is 20.9 Å². The zero-order valence-electron chi connectivity index (χ0n) is 15.3. The van der Waals surface area contributed by atoms with E-state index in [1.165, 1.54) is 29.5 Å². The van der Waals surface area contributed by atoms with Crippen LogP contribution < -0.4 is 16.1 Å². The second-order valence-corrected chi connectivity index (χ2v) is 8.68. The molecule has 3 aromatic rings. The van der Waals surface area contributed by atoms with Crippen molar-refractivity contribution in [3.63, 3.8) is 0 Å². The molecule has 3 N–H and O–H groups in total. The van der Waals surface area contributed by atoms with E-state index >= 15 is 0 Å². The van der Waals surface area contributed by atoms with Gasteiger partial charge >= 0.3 is 5.91 Å². The summed E-state index contributed by atoms with van der Waals surface area (Å²) in [4.78, 5) is 44.5. The van der Waals surface area contributed by atoms with Crippen LogP contribution in [-0.4, -0.2) is 33.4 Å². The lowest BCUT2D eigenvalue weighted by Gasteiger charge is -2.29. The average Bonchev–Trinajstić information content (AvgIpc) is 3.14. The van der Waals surface area contributed by atoms with E-state index in [1.54, 1.807) is 12.1 Å². The van der Waals surface area contributed by atoms with Gasteiger partial charge in [-0.05, 0) is 42.5 Å². The van der Waals surface area contributed by atoms with Crippen LogP contribution in [0.15, 0.2) is 47.6 Å². The van der Waals surface area contributed by atoms with Crippen molar-refractivity contribution in [2.24, 2.45) is 10.8 Å². The van der Waals surface area contributed by atoms with E-state index in [4.69, 9.17) is 41.2 Å². The number of benzene rings is 2. The van der Waals surface area contributed by atoms with Crippen molar-refractivity contribution in [1.82, 2.24) is 10.4 Å². The van der Waals surface area contributed by atoms with Gasteiger partial charge in [0.1, 0.15) is 16.6 Å². The molecule has 1 fully saturated rings. The number of thiocarbonyl (C=S) groups is 1. The normalized spacial score (nSPS) is 18.1. The van der Waals surface area contributed by atoms with Crippen molar-refractivity contribution < 1.29 is 14.4 Å². The van der Waals surface area contributed by atoms with Crippen molar-refractivity contribution in [2.45, 2.75) is 5.92 Å². The number of piperidine rings is 1. The summed E-state index contributed by atoms with van der Waals surface area (Å²) in [6.07, 6.45) is 0. The largest absolute Gasteiger partial charge is 0.375 e. The smallest absolute Gasteiger partial charge is 0.302 e. The molecule has 0 saturated carbocycles. The van der Waals surface area contributed by atoms with E-state index in [0.717, 1.165) is 4.70 Å². The number of amides is 2. The molecular formula is C19H11Cl2N5O3S2. The number of carbonyl (C=O) groups is 3. The fraction of sp³-hybridized carbons (Fsp3) is 0.0526. The first kappa shape index (κ1) is 21.3. The first-order chi connectivity index (χ1) is 14.8. The maximum Gasteiger partial charge on any atom is 0.302 e. The Morgan fingerprint density at radius 2 is 1.90 bits per heavy atom. The molecule has 2 aromatic carbocycles. The summed E-state index contributed by atoms with van der Waals surface area (Å²) in [5.74, 6) is -4.13. The van der Waals surface area contributed by atoms with E-state index in [9.17, 15) is 14.4 Å².